The summed E-state index contributed by atoms with van der Waals surface area (Å²) in [6.07, 6.45) is 5.24. The summed E-state index contributed by atoms with van der Waals surface area (Å²) in [6.45, 7) is 2.80. The fraction of sp³-hybridized carbons (Fsp3) is 0.216. The molecule has 0 unspecified atom stereocenters. The number of fused-ring (bicyclic) bond motifs is 1. The Hall–Kier alpha value is -5.38. The molecule has 58 heavy (non-hydrogen) atoms. The molecule has 5 heterocycles. The highest BCUT2D eigenvalue weighted by Crippen LogP contribution is 2.25. The summed E-state index contributed by atoms with van der Waals surface area (Å²) < 4.78 is 56.3. The van der Waals surface area contributed by atoms with Crippen LogP contribution >= 0.6 is 34.3 Å². The summed E-state index contributed by atoms with van der Waals surface area (Å²) >= 11 is 8.44. The zero-order chi connectivity index (χ0) is 40.9. The van der Waals surface area contributed by atoms with E-state index in [1.807, 2.05) is 35.0 Å². The normalized spacial score (nSPS) is 14.9. The van der Waals surface area contributed by atoms with Crippen LogP contribution in [-0.4, -0.2) is 93.3 Å². The highest BCUT2D eigenvalue weighted by atomic mass is 35.5. The van der Waals surface area contributed by atoms with Crippen molar-refractivity contribution in [2.45, 2.75) is 22.8 Å². The minimum absolute atomic E-state index is 0.0213. The molecule has 302 valence electrons. The number of benzene rings is 3. The Labute approximate surface area is 347 Å². The Morgan fingerprint density at radius 2 is 1.34 bits per heavy atom. The third-order valence-corrected chi connectivity index (χ3v) is 13.8. The molecule has 0 saturated carbocycles. The molecule has 21 heteroatoms. The molecule has 2 aliphatic rings. The lowest BCUT2D eigenvalue weighted by molar-refractivity contribution is -0.137. The predicted octanol–water partition coefficient (Wildman–Crippen LogP) is 4.70. The molecule has 0 aliphatic carbocycles. The van der Waals surface area contributed by atoms with E-state index in [-0.39, 0.29) is 45.6 Å². The van der Waals surface area contributed by atoms with Crippen molar-refractivity contribution in [3.63, 3.8) is 0 Å². The minimum Gasteiger partial charge on any atom is -0.347 e. The number of carbonyl (C=O) groups is 3. The number of thiazole rings is 2. The van der Waals surface area contributed by atoms with Gasteiger partial charge in [-0.25, -0.2) is 26.8 Å². The topological polar surface area (TPSA) is 196 Å². The van der Waals surface area contributed by atoms with E-state index < -0.39 is 20.0 Å². The Bertz CT molecular complexity index is 2620. The van der Waals surface area contributed by atoms with Gasteiger partial charge in [-0.2, -0.15) is 0 Å². The van der Waals surface area contributed by atoms with Crippen molar-refractivity contribution in [1.29, 1.82) is 0 Å². The minimum atomic E-state index is -3.77. The number of amides is 3. The average molecular weight is 882 g/mol. The van der Waals surface area contributed by atoms with Crippen LogP contribution in [-0.2, 0) is 41.0 Å². The van der Waals surface area contributed by atoms with Crippen LogP contribution < -0.4 is 24.6 Å². The van der Waals surface area contributed by atoms with Gasteiger partial charge in [0.15, 0.2) is 10.3 Å². The molecule has 3 aromatic heterocycles. The number of anilines is 4. The number of aryl methyl sites for hydroxylation is 1. The van der Waals surface area contributed by atoms with Crippen molar-refractivity contribution in [1.82, 2.24) is 24.8 Å². The number of halogens is 1. The molecular weight excluding hydrogens is 846 g/mol. The lowest BCUT2D eigenvalue weighted by Crippen LogP contribution is -2.52. The molecule has 0 atom stereocenters. The number of rotatable bonds is 11. The largest absolute Gasteiger partial charge is 0.347 e. The first-order chi connectivity index (χ1) is 27.9. The number of carbonyl (C=O) groups excluding carboxylic acids is 3. The first kappa shape index (κ1) is 40.8. The van der Waals surface area contributed by atoms with Gasteiger partial charge in [-0.05, 0) is 72.8 Å². The van der Waals surface area contributed by atoms with Gasteiger partial charge in [0, 0.05) is 95.8 Å². The molecule has 0 radical (unpaired) electrons. The van der Waals surface area contributed by atoms with Crippen LogP contribution in [0.3, 0.4) is 0 Å². The van der Waals surface area contributed by atoms with E-state index in [0.717, 1.165) is 17.4 Å². The van der Waals surface area contributed by atoms with Crippen LogP contribution in [0.25, 0.3) is 10.9 Å². The van der Waals surface area contributed by atoms with E-state index >= 15 is 0 Å². The number of sulfonamides is 2. The summed E-state index contributed by atoms with van der Waals surface area (Å²) in [4.78, 5) is 50.2. The third kappa shape index (κ3) is 9.65. The molecule has 3 amide bonds. The van der Waals surface area contributed by atoms with Gasteiger partial charge in [0.2, 0.25) is 17.7 Å². The molecule has 3 aromatic carbocycles. The fourth-order valence-electron chi connectivity index (χ4n) is 6.28. The number of piperazine rings is 2. The monoisotopic (exact) mass is 881 g/mol. The molecule has 2 aliphatic heterocycles. The fourth-order valence-corrected chi connectivity index (χ4v) is 10.0. The first-order valence-corrected chi connectivity index (χ1v) is 22.8. The predicted molar refractivity (Wildman–Crippen MR) is 224 cm³/mol. The molecule has 0 bridgehead atoms. The third-order valence-electron chi connectivity index (χ3n) is 9.19. The number of hydrogen-bond donors (Lipinski definition) is 3. The second-order valence-corrected chi connectivity index (χ2v) is 18.5. The van der Waals surface area contributed by atoms with Crippen LogP contribution in [0.5, 0.6) is 0 Å². The summed E-state index contributed by atoms with van der Waals surface area (Å²) in [5.74, 6) is -0.330. The van der Waals surface area contributed by atoms with Crippen molar-refractivity contribution in [3.8, 4) is 0 Å². The van der Waals surface area contributed by atoms with Crippen LogP contribution in [0.15, 0.2) is 112 Å². The highest BCUT2D eigenvalue weighted by molar-refractivity contribution is 7.93. The quantitative estimate of drug-likeness (QED) is 0.164. The molecule has 0 spiro atoms. The van der Waals surface area contributed by atoms with Crippen molar-refractivity contribution < 1.29 is 31.2 Å². The number of hydrogen-bond acceptors (Lipinski definition) is 12. The molecule has 6 aromatic rings. The van der Waals surface area contributed by atoms with Crippen molar-refractivity contribution >= 4 is 105 Å². The van der Waals surface area contributed by atoms with Crippen LogP contribution in [0.1, 0.15) is 6.42 Å². The van der Waals surface area contributed by atoms with Crippen molar-refractivity contribution in [2.75, 3.05) is 58.5 Å². The van der Waals surface area contributed by atoms with Crippen molar-refractivity contribution in [3.05, 3.63) is 107 Å². The van der Waals surface area contributed by atoms with Crippen LogP contribution in [0.4, 0.5) is 21.6 Å². The average Bonchev–Trinajstić information content (AvgIpc) is 4.01. The lowest BCUT2D eigenvalue weighted by atomic mass is 10.2. The SMILES string of the molecule is O=C(CCn1ccc2cc(Cl)ccc21)N1CCN(c2ccc(S(=O)(=O)Nc3nccs3)cc2)C(=O)C1.O=C1CNCCN1c1ccc(S(=O)(=O)Nc2nccs2)cc1. The summed E-state index contributed by atoms with van der Waals surface area (Å²) in [6, 6.07) is 19.9. The smallest absolute Gasteiger partial charge is 0.263 e. The van der Waals surface area contributed by atoms with E-state index in [2.05, 4.69) is 24.7 Å². The van der Waals surface area contributed by atoms with Gasteiger partial charge in [-0.3, -0.25) is 23.8 Å². The Morgan fingerprint density at radius 3 is 1.88 bits per heavy atom. The second kappa shape index (κ2) is 17.6. The summed E-state index contributed by atoms with van der Waals surface area (Å²) in [7, 11) is -7.43. The Balaban J connectivity index is 0.000000199. The molecule has 2 fully saturated rings. The van der Waals surface area contributed by atoms with E-state index in [4.69, 9.17) is 11.6 Å². The maximum atomic E-state index is 12.8. The molecule has 2 saturated heterocycles. The lowest BCUT2D eigenvalue weighted by Gasteiger charge is -2.34. The van der Waals surface area contributed by atoms with Gasteiger partial charge in [0.25, 0.3) is 20.0 Å². The molecule has 8 rings (SSSR count). The van der Waals surface area contributed by atoms with Gasteiger partial charge in [0.05, 0.1) is 16.3 Å². The van der Waals surface area contributed by atoms with Crippen molar-refractivity contribution in [2.24, 2.45) is 0 Å². The zero-order valence-corrected chi connectivity index (χ0v) is 34.5. The summed E-state index contributed by atoms with van der Waals surface area (Å²) in [5, 5.41) is 8.64. The van der Waals surface area contributed by atoms with Gasteiger partial charge in [-0.1, -0.05) is 11.6 Å². The van der Waals surface area contributed by atoms with Crippen LogP contribution in [0.2, 0.25) is 5.02 Å². The van der Waals surface area contributed by atoms with Gasteiger partial charge in [0.1, 0.15) is 6.54 Å². The van der Waals surface area contributed by atoms with Gasteiger partial charge >= 0.3 is 0 Å². The van der Waals surface area contributed by atoms with E-state index in [1.54, 1.807) is 49.7 Å². The standard InChI is InChI=1S/C24H22ClN5O4S2.C13H14N4O3S2/c25-18-1-6-21-17(15-18)7-10-28(21)11-8-22(31)29-12-13-30(23(32)16-29)19-2-4-20(5-3-19)36(33,34)27-24-26-9-14-35-24;18-12-9-14-5-7-17(12)10-1-3-11(4-2-10)22(19,20)16-13-15-6-8-21-13/h1-7,9-10,14-15H,8,11-13,16H2,(H,26,27);1-4,6,8,14H,5,7,9H2,(H,15,16). The maximum Gasteiger partial charge on any atom is 0.263 e. The number of nitrogens with zero attached hydrogens (tertiary/aromatic N) is 6. The Kier molecular flexibility index (Phi) is 12.4. The Morgan fingerprint density at radius 1 is 0.759 bits per heavy atom. The number of aromatic nitrogens is 3. The second-order valence-electron chi connectivity index (χ2n) is 12.9. The van der Waals surface area contributed by atoms with E-state index in [0.29, 0.717) is 54.3 Å². The maximum absolute atomic E-state index is 12.8. The molecular formula is C37H36ClN9O7S4. The first-order valence-electron chi connectivity index (χ1n) is 17.7. The highest BCUT2D eigenvalue weighted by Gasteiger charge is 2.28. The summed E-state index contributed by atoms with van der Waals surface area (Å²) in [5.41, 5.74) is 2.28. The van der Waals surface area contributed by atoms with E-state index in [9.17, 15) is 31.2 Å². The van der Waals surface area contributed by atoms with Gasteiger partial charge in [-0.15, -0.1) is 22.7 Å². The van der Waals surface area contributed by atoms with E-state index in [1.165, 1.54) is 59.3 Å². The number of nitrogens with one attached hydrogen (secondary N) is 3. The zero-order valence-electron chi connectivity index (χ0n) is 30.5. The molecule has 16 nitrogen and oxygen atoms in total. The van der Waals surface area contributed by atoms with Crippen LogP contribution in [0, 0.1) is 0 Å². The van der Waals surface area contributed by atoms with Gasteiger partial charge < -0.3 is 24.6 Å². The molecule has 3 N–H and O–H groups in total.